The molecule has 1 aliphatic rings. The lowest BCUT2D eigenvalue weighted by Crippen LogP contribution is -2.29. The number of pyridine rings is 1. The highest BCUT2D eigenvalue weighted by atomic mass is 16.5. The van der Waals surface area contributed by atoms with Crippen molar-refractivity contribution in [1.82, 2.24) is 20.1 Å². The summed E-state index contributed by atoms with van der Waals surface area (Å²) in [6.45, 7) is 5.27. The van der Waals surface area contributed by atoms with Gasteiger partial charge in [-0.05, 0) is 48.7 Å². The van der Waals surface area contributed by atoms with Gasteiger partial charge in [-0.3, -0.25) is 14.9 Å². The molecule has 1 amide bonds. The van der Waals surface area contributed by atoms with Crippen molar-refractivity contribution in [2.24, 2.45) is 0 Å². The van der Waals surface area contributed by atoms with Gasteiger partial charge in [-0.15, -0.1) is 0 Å². The fourth-order valence-corrected chi connectivity index (χ4v) is 4.32. The first-order valence-electron chi connectivity index (χ1n) is 11.2. The molecule has 2 aromatic carbocycles. The zero-order chi connectivity index (χ0) is 22.8. The Labute approximate surface area is 193 Å². The van der Waals surface area contributed by atoms with Crippen LogP contribution in [0.1, 0.15) is 52.1 Å². The molecule has 0 fully saturated rings. The van der Waals surface area contributed by atoms with Crippen LogP contribution in [-0.2, 0) is 6.54 Å². The number of rotatable bonds is 7. The summed E-state index contributed by atoms with van der Waals surface area (Å²) in [7, 11) is 0. The number of aromatic amines is 1. The first kappa shape index (κ1) is 20.9. The summed E-state index contributed by atoms with van der Waals surface area (Å²) in [6, 6.07) is 19.9. The zero-order valence-electron chi connectivity index (χ0n) is 18.8. The number of aromatic nitrogens is 3. The zero-order valence-corrected chi connectivity index (χ0v) is 18.8. The number of nitrogens with zero attached hydrogens (tertiary/aromatic N) is 3. The number of hydrogen-bond donors (Lipinski definition) is 1. The van der Waals surface area contributed by atoms with Gasteiger partial charge in [0.2, 0.25) is 0 Å². The predicted molar refractivity (Wildman–Crippen MR) is 127 cm³/mol. The standard InChI is InChI=1S/C27H26N4O2/c1-3-15-33-22-6-4-5-21(16-22)26-23-24(20-9-7-18(2)8-10-20)29-30-25(23)27(32)31(26)17-19-11-13-28-14-12-19/h4-14,16,26H,3,15,17H2,1-2H3,(H,29,30). The van der Waals surface area contributed by atoms with E-state index in [-0.39, 0.29) is 11.9 Å². The summed E-state index contributed by atoms with van der Waals surface area (Å²) in [5, 5.41) is 7.59. The van der Waals surface area contributed by atoms with E-state index in [1.54, 1.807) is 12.4 Å². The van der Waals surface area contributed by atoms with Gasteiger partial charge in [0.05, 0.1) is 18.3 Å². The number of benzene rings is 2. The van der Waals surface area contributed by atoms with Crippen LogP contribution in [0.15, 0.2) is 73.1 Å². The normalized spacial score (nSPS) is 15.0. The molecule has 1 atom stereocenters. The van der Waals surface area contributed by atoms with Gasteiger partial charge in [0.1, 0.15) is 11.4 Å². The van der Waals surface area contributed by atoms with Crippen molar-refractivity contribution in [2.75, 3.05) is 6.61 Å². The molecule has 166 valence electrons. The van der Waals surface area contributed by atoms with E-state index in [0.717, 1.165) is 40.1 Å². The second-order valence-corrected chi connectivity index (χ2v) is 8.34. The molecule has 4 aromatic rings. The maximum Gasteiger partial charge on any atom is 0.273 e. The first-order valence-corrected chi connectivity index (χ1v) is 11.2. The topological polar surface area (TPSA) is 71.1 Å². The molecule has 6 heteroatoms. The molecule has 0 bridgehead atoms. The highest BCUT2D eigenvalue weighted by molar-refractivity contribution is 6.00. The minimum Gasteiger partial charge on any atom is -0.494 e. The lowest BCUT2D eigenvalue weighted by molar-refractivity contribution is 0.0729. The molecule has 0 aliphatic carbocycles. The Bertz CT molecular complexity index is 1270. The maximum absolute atomic E-state index is 13.5. The lowest BCUT2D eigenvalue weighted by Gasteiger charge is -2.27. The summed E-state index contributed by atoms with van der Waals surface area (Å²) >= 11 is 0. The van der Waals surface area contributed by atoms with E-state index in [0.29, 0.717) is 18.8 Å². The number of carbonyl (C=O) groups excluding carboxylic acids is 1. The van der Waals surface area contributed by atoms with E-state index in [4.69, 9.17) is 4.74 Å². The van der Waals surface area contributed by atoms with Crippen LogP contribution in [-0.4, -0.2) is 32.6 Å². The quantitative estimate of drug-likeness (QED) is 0.424. The first-order chi connectivity index (χ1) is 16.2. The molecule has 1 unspecified atom stereocenters. The van der Waals surface area contributed by atoms with E-state index < -0.39 is 0 Å². The third-order valence-corrected chi connectivity index (χ3v) is 5.94. The van der Waals surface area contributed by atoms with Crippen molar-refractivity contribution in [1.29, 1.82) is 0 Å². The second kappa shape index (κ2) is 8.90. The van der Waals surface area contributed by atoms with Gasteiger partial charge in [0.25, 0.3) is 5.91 Å². The van der Waals surface area contributed by atoms with Crippen molar-refractivity contribution in [2.45, 2.75) is 32.9 Å². The third-order valence-electron chi connectivity index (χ3n) is 5.94. The monoisotopic (exact) mass is 438 g/mol. The SMILES string of the molecule is CCCOc1cccc(C2c3c(-c4ccc(C)cc4)n[nH]c3C(=O)N2Cc2ccncc2)c1. The molecule has 2 aromatic heterocycles. The van der Waals surface area contributed by atoms with Crippen LogP contribution in [0.2, 0.25) is 0 Å². The van der Waals surface area contributed by atoms with E-state index in [1.165, 1.54) is 5.56 Å². The fourth-order valence-electron chi connectivity index (χ4n) is 4.32. The molecule has 3 heterocycles. The Balaban J connectivity index is 1.62. The molecule has 0 radical (unpaired) electrons. The summed E-state index contributed by atoms with van der Waals surface area (Å²) in [6.07, 6.45) is 4.44. The third kappa shape index (κ3) is 4.00. The van der Waals surface area contributed by atoms with Gasteiger partial charge in [-0.1, -0.05) is 48.9 Å². The van der Waals surface area contributed by atoms with Crippen molar-refractivity contribution in [3.63, 3.8) is 0 Å². The number of ether oxygens (including phenoxy) is 1. The summed E-state index contributed by atoms with van der Waals surface area (Å²) in [4.78, 5) is 19.6. The number of aryl methyl sites for hydroxylation is 1. The highest BCUT2D eigenvalue weighted by Gasteiger charge is 2.42. The molecule has 6 nitrogen and oxygen atoms in total. The number of hydrogen-bond acceptors (Lipinski definition) is 4. The van der Waals surface area contributed by atoms with E-state index >= 15 is 0 Å². The van der Waals surface area contributed by atoms with E-state index in [2.05, 4.69) is 59.4 Å². The van der Waals surface area contributed by atoms with Gasteiger partial charge in [-0.25, -0.2) is 0 Å². The number of nitrogens with one attached hydrogen (secondary N) is 1. The minimum absolute atomic E-state index is 0.0578. The van der Waals surface area contributed by atoms with Crippen molar-refractivity contribution in [3.8, 4) is 17.0 Å². The molecular formula is C27H26N4O2. The van der Waals surface area contributed by atoms with Crippen LogP contribution < -0.4 is 4.74 Å². The fraction of sp³-hybridized carbons (Fsp3) is 0.222. The Kier molecular flexibility index (Phi) is 5.65. The average molecular weight is 439 g/mol. The van der Waals surface area contributed by atoms with E-state index in [9.17, 15) is 4.79 Å². The lowest BCUT2D eigenvalue weighted by atomic mass is 9.95. The van der Waals surface area contributed by atoms with Gasteiger partial charge in [0, 0.05) is 30.1 Å². The number of H-pyrrole nitrogens is 1. The largest absolute Gasteiger partial charge is 0.494 e. The Morgan fingerprint density at radius 1 is 1.06 bits per heavy atom. The smallest absolute Gasteiger partial charge is 0.273 e. The molecular weight excluding hydrogens is 412 g/mol. The molecule has 1 aliphatic heterocycles. The predicted octanol–water partition coefficient (Wildman–Crippen LogP) is 5.31. The Morgan fingerprint density at radius 3 is 2.61 bits per heavy atom. The van der Waals surface area contributed by atoms with Crippen LogP contribution in [0.4, 0.5) is 0 Å². The van der Waals surface area contributed by atoms with Crippen molar-refractivity contribution >= 4 is 5.91 Å². The number of amides is 1. The van der Waals surface area contributed by atoms with Crippen LogP contribution in [0.25, 0.3) is 11.3 Å². The average Bonchev–Trinajstić information content (AvgIpc) is 3.38. The van der Waals surface area contributed by atoms with Gasteiger partial charge in [-0.2, -0.15) is 5.10 Å². The van der Waals surface area contributed by atoms with Gasteiger partial charge < -0.3 is 9.64 Å². The maximum atomic E-state index is 13.5. The molecule has 0 saturated carbocycles. The summed E-state index contributed by atoms with van der Waals surface area (Å²) in [5.74, 6) is 0.747. The number of fused-ring (bicyclic) bond motifs is 1. The molecule has 0 saturated heterocycles. The van der Waals surface area contributed by atoms with Crippen LogP contribution in [0, 0.1) is 6.92 Å². The second-order valence-electron chi connectivity index (χ2n) is 8.34. The summed E-state index contributed by atoms with van der Waals surface area (Å²) in [5.41, 5.74) is 6.45. The van der Waals surface area contributed by atoms with Crippen molar-refractivity contribution in [3.05, 3.63) is 101 Å². The van der Waals surface area contributed by atoms with E-state index in [1.807, 2.05) is 35.2 Å². The molecule has 5 rings (SSSR count). The van der Waals surface area contributed by atoms with Crippen LogP contribution in [0.3, 0.4) is 0 Å². The molecule has 1 N–H and O–H groups in total. The Morgan fingerprint density at radius 2 is 1.85 bits per heavy atom. The Hall–Kier alpha value is -3.93. The highest BCUT2D eigenvalue weighted by Crippen LogP contribution is 2.44. The number of carbonyl (C=O) groups is 1. The van der Waals surface area contributed by atoms with Crippen LogP contribution in [0.5, 0.6) is 5.75 Å². The van der Waals surface area contributed by atoms with Crippen molar-refractivity contribution < 1.29 is 9.53 Å². The minimum atomic E-state index is -0.277. The van der Waals surface area contributed by atoms with Crippen LogP contribution >= 0.6 is 0 Å². The molecule has 33 heavy (non-hydrogen) atoms. The summed E-state index contributed by atoms with van der Waals surface area (Å²) < 4.78 is 5.90. The van der Waals surface area contributed by atoms with Gasteiger partial charge in [0.15, 0.2) is 0 Å². The molecule has 0 spiro atoms. The van der Waals surface area contributed by atoms with Gasteiger partial charge >= 0.3 is 0 Å².